The molecule has 2 unspecified atom stereocenters. The van der Waals surface area contributed by atoms with Gasteiger partial charge >= 0.3 is 0 Å². The molecule has 0 heterocycles. The largest absolute Gasteiger partial charge is 0.496 e. The van der Waals surface area contributed by atoms with Gasteiger partial charge in [0.1, 0.15) is 11.6 Å². The molecule has 1 saturated carbocycles. The van der Waals surface area contributed by atoms with Gasteiger partial charge < -0.3 is 14.8 Å². The molecule has 1 N–H and O–H groups in total. The molecule has 4 heteroatoms. The molecular weight excluding hydrogens is 245 g/mol. The zero-order valence-corrected chi connectivity index (χ0v) is 11.8. The second kappa shape index (κ2) is 6.35. The van der Waals surface area contributed by atoms with Crippen LogP contribution in [-0.2, 0) is 4.74 Å². The molecule has 3 nitrogen and oxygen atoms in total. The van der Waals surface area contributed by atoms with E-state index < -0.39 is 0 Å². The summed E-state index contributed by atoms with van der Waals surface area (Å²) in [5.74, 6) is 1.16. The molecule has 0 bridgehead atoms. The summed E-state index contributed by atoms with van der Waals surface area (Å²) in [4.78, 5) is 0. The highest BCUT2D eigenvalue weighted by Crippen LogP contribution is 2.35. The molecule has 1 aliphatic carbocycles. The van der Waals surface area contributed by atoms with E-state index in [0.29, 0.717) is 24.3 Å². The van der Waals surface area contributed by atoms with Crippen molar-refractivity contribution in [2.24, 2.45) is 5.92 Å². The van der Waals surface area contributed by atoms with Crippen molar-refractivity contribution in [3.05, 3.63) is 29.6 Å². The van der Waals surface area contributed by atoms with Gasteiger partial charge in [0, 0.05) is 24.8 Å². The van der Waals surface area contributed by atoms with Crippen LogP contribution in [0.5, 0.6) is 5.75 Å². The lowest BCUT2D eigenvalue weighted by Crippen LogP contribution is -2.37. The molecule has 0 amide bonds. The second-order valence-corrected chi connectivity index (χ2v) is 5.17. The van der Waals surface area contributed by atoms with Crippen molar-refractivity contribution in [3.8, 4) is 5.75 Å². The molecule has 1 aliphatic rings. The summed E-state index contributed by atoms with van der Waals surface area (Å²) in [6, 6.07) is 4.99. The maximum Gasteiger partial charge on any atom is 0.123 e. The minimum atomic E-state index is -0.237. The maximum absolute atomic E-state index is 13.4. The number of ether oxygens (including phenoxy) is 2. The summed E-state index contributed by atoms with van der Waals surface area (Å²) in [7, 11) is 3.32. The van der Waals surface area contributed by atoms with Crippen LogP contribution in [0.4, 0.5) is 4.39 Å². The van der Waals surface area contributed by atoms with E-state index in [-0.39, 0.29) is 11.9 Å². The van der Waals surface area contributed by atoms with E-state index in [2.05, 4.69) is 5.32 Å². The average molecular weight is 267 g/mol. The molecule has 1 aromatic rings. The Labute approximate surface area is 114 Å². The summed E-state index contributed by atoms with van der Waals surface area (Å²) in [6.45, 7) is 2.72. The van der Waals surface area contributed by atoms with Crippen molar-refractivity contribution < 1.29 is 13.9 Å². The zero-order valence-electron chi connectivity index (χ0n) is 11.8. The fourth-order valence-corrected chi connectivity index (χ4v) is 2.45. The number of nitrogens with one attached hydrogen (secondary N) is 1. The van der Waals surface area contributed by atoms with Gasteiger partial charge in [-0.3, -0.25) is 0 Å². The van der Waals surface area contributed by atoms with E-state index in [1.807, 2.05) is 6.92 Å². The highest BCUT2D eigenvalue weighted by molar-refractivity contribution is 5.36. The number of halogens is 1. The van der Waals surface area contributed by atoms with Crippen LogP contribution in [0.25, 0.3) is 0 Å². The van der Waals surface area contributed by atoms with Crippen molar-refractivity contribution in [1.29, 1.82) is 0 Å². The normalized spacial score (nSPS) is 18.1. The van der Waals surface area contributed by atoms with Crippen molar-refractivity contribution in [2.75, 3.05) is 20.8 Å². The maximum atomic E-state index is 13.4. The Morgan fingerprint density at radius 1 is 1.37 bits per heavy atom. The van der Waals surface area contributed by atoms with Crippen molar-refractivity contribution in [3.63, 3.8) is 0 Å². The molecular formula is C15H22FNO2. The molecule has 0 aromatic heterocycles. The standard InChI is InChI=1S/C15H22FNO2/c1-10(17-14(9-18-2)11-4-5-11)13-8-12(16)6-7-15(13)19-3/h6-8,10-11,14,17H,4-5,9H2,1-3H3. The Kier molecular flexibility index (Phi) is 4.77. The van der Waals surface area contributed by atoms with Crippen LogP contribution in [0, 0.1) is 11.7 Å². The molecule has 1 aromatic carbocycles. The number of benzene rings is 1. The quantitative estimate of drug-likeness (QED) is 0.824. The molecule has 19 heavy (non-hydrogen) atoms. The van der Waals surface area contributed by atoms with Crippen LogP contribution in [0.3, 0.4) is 0 Å². The van der Waals surface area contributed by atoms with Gasteiger partial charge in [0.05, 0.1) is 13.7 Å². The zero-order chi connectivity index (χ0) is 13.8. The first kappa shape index (κ1) is 14.3. The van der Waals surface area contributed by atoms with E-state index in [9.17, 15) is 4.39 Å². The second-order valence-electron chi connectivity index (χ2n) is 5.17. The predicted octanol–water partition coefficient (Wildman–Crippen LogP) is 2.91. The van der Waals surface area contributed by atoms with Gasteiger partial charge in [0.15, 0.2) is 0 Å². The van der Waals surface area contributed by atoms with Crippen molar-refractivity contribution in [2.45, 2.75) is 31.8 Å². The topological polar surface area (TPSA) is 30.5 Å². The van der Waals surface area contributed by atoms with Gasteiger partial charge in [0.25, 0.3) is 0 Å². The lowest BCUT2D eigenvalue weighted by molar-refractivity contribution is 0.152. The van der Waals surface area contributed by atoms with Crippen LogP contribution in [0.15, 0.2) is 18.2 Å². The molecule has 1 fully saturated rings. The molecule has 0 spiro atoms. The van der Waals surface area contributed by atoms with Crippen LogP contribution in [0.1, 0.15) is 31.4 Å². The van der Waals surface area contributed by atoms with Gasteiger partial charge in [-0.05, 0) is 43.9 Å². The Morgan fingerprint density at radius 3 is 2.68 bits per heavy atom. The monoisotopic (exact) mass is 267 g/mol. The molecule has 0 aliphatic heterocycles. The minimum Gasteiger partial charge on any atom is -0.496 e. The molecule has 0 saturated heterocycles. The fraction of sp³-hybridized carbons (Fsp3) is 0.600. The third-order valence-corrected chi connectivity index (χ3v) is 3.66. The third kappa shape index (κ3) is 3.67. The summed E-state index contributed by atoms with van der Waals surface area (Å²) in [5, 5.41) is 3.53. The smallest absolute Gasteiger partial charge is 0.123 e. The third-order valence-electron chi connectivity index (χ3n) is 3.66. The first-order chi connectivity index (χ1) is 9.15. The van der Waals surface area contributed by atoms with Crippen LogP contribution >= 0.6 is 0 Å². The van der Waals surface area contributed by atoms with E-state index in [0.717, 1.165) is 5.56 Å². The number of rotatable bonds is 7. The molecule has 0 radical (unpaired) electrons. The van der Waals surface area contributed by atoms with E-state index in [1.165, 1.54) is 25.0 Å². The van der Waals surface area contributed by atoms with Gasteiger partial charge in [0.2, 0.25) is 0 Å². The van der Waals surface area contributed by atoms with E-state index in [1.54, 1.807) is 20.3 Å². The first-order valence-electron chi connectivity index (χ1n) is 6.74. The highest BCUT2D eigenvalue weighted by atomic mass is 19.1. The van der Waals surface area contributed by atoms with Crippen molar-refractivity contribution in [1.82, 2.24) is 5.32 Å². The van der Waals surface area contributed by atoms with Crippen LogP contribution < -0.4 is 10.1 Å². The van der Waals surface area contributed by atoms with Crippen molar-refractivity contribution >= 4 is 0 Å². The molecule has 2 rings (SSSR count). The fourth-order valence-electron chi connectivity index (χ4n) is 2.45. The Balaban J connectivity index is 2.09. The van der Waals surface area contributed by atoms with Gasteiger partial charge in [-0.15, -0.1) is 0 Å². The summed E-state index contributed by atoms with van der Waals surface area (Å²) >= 11 is 0. The van der Waals surface area contributed by atoms with Gasteiger partial charge in [-0.2, -0.15) is 0 Å². The van der Waals surface area contributed by atoms with Crippen LogP contribution in [0.2, 0.25) is 0 Å². The minimum absolute atomic E-state index is 0.0337. The number of hydrogen-bond acceptors (Lipinski definition) is 3. The number of methoxy groups -OCH3 is 2. The molecule has 2 atom stereocenters. The van der Waals surface area contributed by atoms with E-state index in [4.69, 9.17) is 9.47 Å². The summed E-state index contributed by atoms with van der Waals surface area (Å²) in [5.41, 5.74) is 0.851. The Bertz CT molecular complexity index is 421. The van der Waals surface area contributed by atoms with Gasteiger partial charge in [-0.25, -0.2) is 4.39 Å². The first-order valence-corrected chi connectivity index (χ1v) is 6.74. The lowest BCUT2D eigenvalue weighted by atomic mass is 10.0. The Hall–Kier alpha value is -1.13. The number of hydrogen-bond donors (Lipinski definition) is 1. The highest BCUT2D eigenvalue weighted by Gasteiger charge is 2.32. The van der Waals surface area contributed by atoms with Gasteiger partial charge in [-0.1, -0.05) is 0 Å². The van der Waals surface area contributed by atoms with E-state index >= 15 is 0 Å². The predicted molar refractivity (Wildman–Crippen MR) is 72.9 cm³/mol. The van der Waals surface area contributed by atoms with Crippen LogP contribution in [-0.4, -0.2) is 26.9 Å². The molecule has 106 valence electrons. The summed E-state index contributed by atoms with van der Waals surface area (Å²) in [6.07, 6.45) is 2.49. The summed E-state index contributed by atoms with van der Waals surface area (Å²) < 4.78 is 23.9. The SMILES string of the molecule is COCC(NC(C)c1cc(F)ccc1OC)C1CC1. The lowest BCUT2D eigenvalue weighted by Gasteiger charge is -2.24. The average Bonchev–Trinajstić information content (AvgIpc) is 3.22. The Morgan fingerprint density at radius 2 is 2.11 bits per heavy atom.